The highest BCUT2D eigenvalue weighted by Gasteiger charge is 2.15. The minimum absolute atomic E-state index is 0.228. The molecule has 2 aromatic heterocycles. The molecule has 24 heavy (non-hydrogen) atoms. The summed E-state index contributed by atoms with van der Waals surface area (Å²) in [5.74, 6) is 1.07. The molecule has 0 fully saturated rings. The molecule has 0 radical (unpaired) electrons. The van der Waals surface area contributed by atoms with E-state index in [1.54, 1.807) is 24.3 Å². The second-order valence-corrected chi connectivity index (χ2v) is 5.42. The zero-order chi connectivity index (χ0) is 17.1. The van der Waals surface area contributed by atoms with Gasteiger partial charge in [0.25, 0.3) is 0 Å². The normalized spacial score (nSPS) is 12.1. The van der Waals surface area contributed by atoms with Crippen molar-refractivity contribution in [2.24, 2.45) is 12.8 Å². The Hall–Kier alpha value is -3.16. The lowest BCUT2D eigenvalue weighted by Gasteiger charge is -2.16. The Balaban J connectivity index is 1.91. The number of carbonyl (C=O) groups is 1. The molecule has 0 spiro atoms. The second-order valence-electron chi connectivity index (χ2n) is 5.42. The largest absolute Gasteiger partial charge is 0.469 e. The van der Waals surface area contributed by atoms with Gasteiger partial charge in [-0.1, -0.05) is 18.2 Å². The molecule has 0 saturated carbocycles. The van der Waals surface area contributed by atoms with Crippen LogP contribution in [0.15, 0.2) is 36.8 Å². The first-order chi connectivity index (χ1) is 11.5. The summed E-state index contributed by atoms with van der Waals surface area (Å²) in [5, 5.41) is 8.64. The number of nitrogens with one attached hydrogen (secondary N) is 1. The first-order valence-electron chi connectivity index (χ1n) is 7.45. The number of carbonyl (C=O) groups excluding carboxylic acids is 1. The molecule has 2 amide bonds. The number of pyridine rings is 1. The van der Waals surface area contributed by atoms with E-state index in [2.05, 4.69) is 20.4 Å². The molecule has 0 aliphatic carbocycles. The van der Waals surface area contributed by atoms with Crippen molar-refractivity contribution in [1.82, 2.24) is 25.1 Å². The smallest absolute Gasteiger partial charge is 0.312 e. The molecule has 3 aromatic rings. The number of aromatic nitrogens is 4. The highest BCUT2D eigenvalue weighted by Crippen LogP contribution is 2.29. The number of benzene rings is 1. The Labute approximate surface area is 138 Å². The van der Waals surface area contributed by atoms with Crippen LogP contribution >= 0.6 is 0 Å². The van der Waals surface area contributed by atoms with Crippen molar-refractivity contribution < 1.29 is 9.53 Å². The molecule has 0 aliphatic heterocycles. The summed E-state index contributed by atoms with van der Waals surface area (Å²) in [4.78, 5) is 19.6. The standard InChI is InChI=1S/C16H18N6O2/c1-10(20-16(17)23)13-7-18-15(12-6-4-3-5-11(12)13)24-8-14-19-9-22(2)21-14/h3-7,9-10H,8H2,1-2H3,(H3,17,20,23). The van der Waals surface area contributed by atoms with Crippen LogP contribution in [-0.4, -0.2) is 25.8 Å². The lowest BCUT2D eigenvalue weighted by molar-refractivity contribution is 0.246. The van der Waals surface area contributed by atoms with Crippen LogP contribution in [0.2, 0.25) is 0 Å². The Bertz CT molecular complexity index is 876. The Morgan fingerprint density at radius 2 is 2.08 bits per heavy atom. The maximum Gasteiger partial charge on any atom is 0.312 e. The third-order valence-corrected chi connectivity index (χ3v) is 3.60. The average molecular weight is 326 g/mol. The van der Waals surface area contributed by atoms with Gasteiger partial charge >= 0.3 is 6.03 Å². The fourth-order valence-corrected chi connectivity index (χ4v) is 2.52. The third-order valence-electron chi connectivity index (χ3n) is 3.60. The molecule has 0 aliphatic rings. The number of rotatable bonds is 5. The van der Waals surface area contributed by atoms with Gasteiger partial charge < -0.3 is 15.8 Å². The molecular weight excluding hydrogens is 308 g/mol. The molecule has 8 heteroatoms. The van der Waals surface area contributed by atoms with E-state index in [9.17, 15) is 4.79 Å². The topological polar surface area (TPSA) is 108 Å². The minimum atomic E-state index is -0.576. The van der Waals surface area contributed by atoms with Crippen molar-refractivity contribution in [2.45, 2.75) is 19.6 Å². The van der Waals surface area contributed by atoms with E-state index in [-0.39, 0.29) is 12.6 Å². The molecule has 8 nitrogen and oxygen atoms in total. The van der Waals surface area contributed by atoms with E-state index in [1.807, 2.05) is 31.2 Å². The molecule has 1 aromatic carbocycles. The number of ether oxygens (including phenoxy) is 1. The summed E-state index contributed by atoms with van der Waals surface area (Å²) in [6.45, 7) is 2.08. The van der Waals surface area contributed by atoms with Crippen LogP contribution in [-0.2, 0) is 13.7 Å². The van der Waals surface area contributed by atoms with Gasteiger partial charge in [-0.15, -0.1) is 0 Å². The van der Waals surface area contributed by atoms with Gasteiger partial charge in [0.15, 0.2) is 12.4 Å². The lowest BCUT2D eigenvalue weighted by atomic mass is 10.0. The number of amides is 2. The SMILES string of the molecule is CC(NC(N)=O)c1cnc(OCc2ncn(C)n2)c2ccccc12. The summed E-state index contributed by atoms with van der Waals surface area (Å²) in [6.07, 6.45) is 3.30. The number of nitrogens with two attached hydrogens (primary N) is 1. The van der Waals surface area contributed by atoms with E-state index < -0.39 is 6.03 Å². The molecular formula is C16H18N6O2. The fraction of sp³-hybridized carbons (Fsp3) is 0.250. The second kappa shape index (κ2) is 6.53. The lowest BCUT2D eigenvalue weighted by Crippen LogP contribution is -2.31. The van der Waals surface area contributed by atoms with Crippen LogP contribution in [0.3, 0.4) is 0 Å². The summed E-state index contributed by atoms with van der Waals surface area (Å²) in [6, 6.07) is 6.87. The van der Waals surface area contributed by atoms with Gasteiger partial charge in [0.2, 0.25) is 5.88 Å². The van der Waals surface area contributed by atoms with Gasteiger partial charge in [-0.05, 0) is 18.4 Å². The monoisotopic (exact) mass is 326 g/mol. The maximum atomic E-state index is 11.1. The van der Waals surface area contributed by atoms with Crippen molar-refractivity contribution in [2.75, 3.05) is 0 Å². The summed E-state index contributed by atoms with van der Waals surface area (Å²) < 4.78 is 7.39. The van der Waals surface area contributed by atoms with Crippen molar-refractivity contribution >= 4 is 16.8 Å². The van der Waals surface area contributed by atoms with Crippen molar-refractivity contribution in [3.05, 3.63) is 48.2 Å². The number of urea groups is 1. The summed E-state index contributed by atoms with van der Waals surface area (Å²) in [7, 11) is 1.80. The number of primary amides is 1. The van der Waals surface area contributed by atoms with Crippen LogP contribution in [0.25, 0.3) is 10.8 Å². The third kappa shape index (κ3) is 3.27. The number of hydrogen-bond donors (Lipinski definition) is 2. The molecule has 124 valence electrons. The van der Waals surface area contributed by atoms with Crippen molar-refractivity contribution in [1.29, 1.82) is 0 Å². The Morgan fingerprint density at radius 1 is 1.33 bits per heavy atom. The average Bonchev–Trinajstić information content (AvgIpc) is 2.97. The van der Waals surface area contributed by atoms with E-state index in [1.165, 1.54) is 0 Å². The fourth-order valence-electron chi connectivity index (χ4n) is 2.52. The first kappa shape index (κ1) is 15.7. The van der Waals surface area contributed by atoms with Gasteiger partial charge in [-0.3, -0.25) is 4.68 Å². The maximum absolute atomic E-state index is 11.1. The molecule has 0 bridgehead atoms. The van der Waals surface area contributed by atoms with E-state index in [0.29, 0.717) is 11.7 Å². The van der Waals surface area contributed by atoms with Crippen LogP contribution in [0.5, 0.6) is 5.88 Å². The minimum Gasteiger partial charge on any atom is -0.469 e. The number of nitrogens with zero attached hydrogens (tertiary/aromatic N) is 4. The van der Waals surface area contributed by atoms with Crippen LogP contribution < -0.4 is 15.8 Å². The Morgan fingerprint density at radius 3 is 2.75 bits per heavy atom. The first-order valence-corrected chi connectivity index (χ1v) is 7.45. The molecule has 0 saturated heterocycles. The molecule has 3 rings (SSSR count). The van der Waals surface area contributed by atoms with Gasteiger partial charge in [0.05, 0.1) is 6.04 Å². The quantitative estimate of drug-likeness (QED) is 0.741. The van der Waals surface area contributed by atoms with E-state index in [4.69, 9.17) is 10.5 Å². The number of aryl methyl sites for hydroxylation is 1. The Kier molecular flexibility index (Phi) is 4.28. The van der Waals surface area contributed by atoms with Gasteiger partial charge in [0, 0.05) is 24.2 Å². The molecule has 1 unspecified atom stereocenters. The molecule has 2 heterocycles. The highest BCUT2D eigenvalue weighted by molar-refractivity contribution is 5.90. The highest BCUT2D eigenvalue weighted by atomic mass is 16.5. The van der Waals surface area contributed by atoms with Crippen molar-refractivity contribution in [3.8, 4) is 5.88 Å². The van der Waals surface area contributed by atoms with Gasteiger partial charge in [0.1, 0.15) is 6.33 Å². The summed E-state index contributed by atoms with van der Waals surface area (Å²) in [5.41, 5.74) is 6.08. The van der Waals surface area contributed by atoms with Crippen LogP contribution in [0, 0.1) is 0 Å². The molecule has 3 N–H and O–H groups in total. The van der Waals surface area contributed by atoms with Crippen molar-refractivity contribution in [3.63, 3.8) is 0 Å². The van der Waals surface area contributed by atoms with E-state index in [0.717, 1.165) is 16.3 Å². The number of fused-ring (bicyclic) bond motifs is 1. The van der Waals surface area contributed by atoms with Gasteiger partial charge in [-0.2, -0.15) is 5.10 Å². The summed E-state index contributed by atoms with van der Waals surface area (Å²) >= 11 is 0. The zero-order valence-electron chi connectivity index (χ0n) is 13.4. The van der Waals surface area contributed by atoms with Crippen LogP contribution in [0.1, 0.15) is 24.4 Å². The number of hydrogen-bond acceptors (Lipinski definition) is 5. The molecule has 1 atom stereocenters. The van der Waals surface area contributed by atoms with E-state index >= 15 is 0 Å². The predicted octanol–water partition coefficient (Wildman–Crippen LogP) is 1.67. The zero-order valence-corrected chi connectivity index (χ0v) is 13.4. The van der Waals surface area contributed by atoms with Gasteiger partial charge in [-0.25, -0.2) is 14.8 Å². The predicted molar refractivity (Wildman–Crippen MR) is 88.2 cm³/mol. The van der Waals surface area contributed by atoms with Crippen LogP contribution in [0.4, 0.5) is 4.79 Å².